The summed E-state index contributed by atoms with van der Waals surface area (Å²) in [6.07, 6.45) is 3.71. The van der Waals surface area contributed by atoms with Gasteiger partial charge in [0.2, 0.25) is 0 Å². The highest BCUT2D eigenvalue weighted by molar-refractivity contribution is 6.01. The third-order valence-electron chi connectivity index (χ3n) is 5.91. The largest absolute Gasteiger partial charge is 0.485 e. The maximum Gasteiger partial charge on any atom is 0.258 e. The van der Waals surface area contributed by atoms with Crippen molar-refractivity contribution in [1.29, 1.82) is 0 Å². The highest BCUT2D eigenvalue weighted by Gasteiger charge is 2.31. The van der Waals surface area contributed by atoms with Gasteiger partial charge in [-0.25, -0.2) is 0 Å². The smallest absolute Gasteiger partial charge is 0.258 e. The van der Waals surface area contributed by atoms with Gasteiger partial charge >= 0.3 is 0 Å². The summed E-state index contributed by atoms with van der Waals surface area (Å²) in [4.78, 5) is 15.1. The second kappa shape index (κ2) is 8.35. The van der Waals surface area contributed by atoms with E-state index in [1.807, 2.05) is 79.8 Å². The third kappa shape index (κ3) is 3.89. The number of rotatable bonds is 6. The molecule has 1 amide bonds. The van der Waals surface area contributed by atoms with Gasteiger partial charge in [0.25, 0.3) is 5.91 Å². The van der Waals surface area contributed by atoms with E-state index in [0.717, 1.165) is 27.8 Å². The Morgan fingerprint density at radius 2 is 1.75 bits per heavy atom. The second-order valence-corrected chi connectivity index (χ2v) is 8.22. The van der Waals surface area contributed by atoms with Crippen LogP contribution in [0.1, 0.15) is 40.1 Å². The number of ether oxygens (including phenoxy) is 1. The average Bonchev–Trinajstić information content (AvgIpc) is 3.39. The number of carbonyl (C=O) groups is 1. The number of aryl methyl sites for hydroxylation is 1. The first kappa shape index (κ1) is 20.1. The fraction of sp³-hybridized carbons (Fsp3) is 0.185. The molecule has 0 saturated carbocycles. The van der Waals surface area contributed by atoms with Crippen LogP contribution < -0.4 is 4.74 Å². The molecular weight excluding hydrogens is 398 g/mol. The zero-order valence-corrected chi connectivity index (χ0v) is 18.2. The van der Waals surface area contributed by atoms with E-state index in [1.165, 1.54) is 0 Å². The number of fused-ring (bicyclic) bond motifs is 1. The molecule has 0 bridgehead atoms. The first-order chi connectivity index (χ1) is 15.6. The maximum absolute atomic E-state index is 13.3. The lowest BCUT2D eigenvalue weighted by molar-refractivity contribution is 0.0761. The van der Waals surface area contributed by atoms with Crippen molar-refractivity contribution in [1.82, 2.24) is 14.7 Å². The highest BCUT2D eigenvalue weighted by atomic mass is 16.5. The molecule has 0 fully saturated rings. The van der Waals surface area contributed by atoms with E-state index in [9.17, 15) is 4.79 Å². The molecule has 0 saturated heterocycles. The molecule has 160 valence electrons. The fourth-order valence-electron chi connectivity index (χ4n) is 4.19. The van der Waals surface area contributed by atoms with Crippen LogP contribution in [-0.2, 0) is 20.1 Å². The normalized spacial score (nSPS) is 13.8. The van der Waals surface area contributed by atoms with E-state index in [4.69, 9.17) is 4.74 Å². The quantitative estimate of drug-likeness (QED) is 0.418. The Balaban J connectivity index is 1.32. The highest BCUT2D eigenvalue weighted by Crippen LogP contribution is 2.34. The van der Waals surface area contributed by atoms with Gasteiger partial charge in [0.15, 0.2) is 0 Å². The molecule has 0 aliphatic carbocycles. The van der Waals surface area contributed by atoms with Crippen molar-refractivity contribution in [2.75, 3.05) is 0 Å². The van der Waals surface area contributed by atoms with Crippen LogP contribution in [0.5, 0.6) is 5.75 Å². The summed E-state index contributed by atoms with van der Waals surface area (Å²) in [5, 5.41) is 4.23. The summed E-state index contributed by atoms with van der Waals surface area (Å²) in [6.45, 7) is 3.17. The zero-order valence-electron chi connectivity index (χ0n) is 18.2. The summed E-state index contributed by atoms with van der Waals surface area (Å²) in [5.74, 6) is 0.672. The molecule has 2 heterocycles. The van der Waals surface area contributed by atoms with Gasteiger partial charge in [-0.15, -0.1) is 0 Å². The number of hydrogen-bond donors (Lipinski definition) is 0. The lowest BCUT2D eigenvalue weighted by Gasteiger charge is -2.18. The lowest BCUT2D eigenvalue weighted by Crippen LogP contribution is -2.23. The van der Waals surface area contributed by atoms with Crippen molar-refractivity contribution in [2.24, 2.45) is 7.05 Å². The summed E-state index contributed by atoms with van der Waals surface area (Å²) in [6, 6.07) is 24.2. The topological polar surface area (TPSA) is 47.4 Å². The number of benzene rings is 3. The lowest BCUT2D eigenvalue weighted by atomic mass is 10.1. The van der Waals surface area contributed by atoms with Crippen LogP contribution in [0.15, 0.2) is 85.2 Å². The Bertz CT molecular complexity index is 1250. The van der Waals surface area contributed by atoms with Crippen LogP contribution in [0.3, 0.4) is 0 Å². The van der Waals surface area contributed by atoms with Gasteiger partial charge in [-0.2, -0.15) is 5.10 Å². The minimum atomic E-state index is -0.135. The summed E-state index contributed by atoms with van der Waals surface area (Å²) >= 11 is 0. The van der Waals surface area contributed by atoms with Crippen LogP contribution in [0.2, 0.25) is 0 Å². The zero-order chi connectivity index (χ0) is 22.1. The first-order valence-corrected chi connectivity index (χ1v) is 10.8. The Morgan fingerprint density at radius 1 is 0.969 bits per heavy atom. The number of amides is 1. The monoisotopic (exact) mass is 423 g/mol. The summed E-state index contributed by atoms with van der Waals surface area (Å²) in [5.41, 5.74) is 6.07. The fourth-order valence-corrected chi connectivity index (χ4v) is 4.19. The van der Waals surface area contributed by atoms with Crippen molar-refractivity contribution in [3.63, 3.8) is 0 Å². The van der Waals surface area contributed by atoms with Gasteiger partial charge in [-0.1, -0.05) is 66.7 Å². The van der Waals surface area contributed by atoms with Gasteiger partial charge in [0.1, 0.15) is 11.9 Å². The number of hydrogen-bond acceptors (Lipinski definition) is 3. The van der Waals surface area contributed by atoms with E-state index in [-0.39, 0.29) is 12.0 Å². The predicted molar refractivity (Wildman–Crippen MR) is 124 cm³/mol. The minimum Gasteiger partial charge on any atom is -0.485 e. The second-order valence-electron chi connectivity index (χ2n) is 8.22. The van der Waals surface area contributed by atoms with Crippen molar-refractivity contribution in [3.8, 4) is 16.9 Å². The molecule has 4 aromatic rings. The Morgan fingerprint density at radius 3 is 2.47 bits per heavy atom. The average molecular weight is 424 g/mol. The molecule has 32 heavy (non-hydrogen) atoms. The molecule has 1 atom stereocenters. The molecule has 0 N–H and O–H groups in total. The molecule has 1 aromatic heterocycles. The van der Waals surface area contributed by atoms with Gasteiger partial charge < -0.3 is 9.64 Å². The molecule has 5 nitrogen and oxygen atoms in total. The van der Waals surface area contributed by atoms with E-state index >= 15 is 0 Å². The molecular formula is C27H25N3O2. The van der Waals surface area contributed by atoms with Crippen molar-refractivity contribution >= 4 is 5.91 Å². The Kier molecular flexibility index (Phi) is 5.23. The van der Waals surface area contributed by atoms with Crippen LogP contribution in [0, 0.1) is 0 Å². The predicted octanol–water partition coefficient (Wildman–Crippen LogP) is 5.38. The number of carbonyl (C=O) groups excluding carboxylic acids is 1. The Labute approximate surface area is 187 Å². The third-order valence-corrected chi connectivity index (χ3v) is 5.91. The minimum absolute atomic E-state index is 0.0206. The van der Waals surface area contributed by atoms with E-state index in [1.54, 1.807) is 4.68 Å². The van der Waals surface area contributed by atoms with Crippen LogP contribution in [0.25, 0.3) is 11.1 Å². The summed E-state index contributed by atoms with van der Waals surface area (Å²) < 4.78 is 8.02. The Hall–Kier alpha value is -3.86. The molecule has 0 spiro atoms. The molecule has 5 heteroatoms. The standard InChI is InChI=1S/C27H25N3O2/c1-19(21-7-4-3-5-8-21)32-25-10-6-9-23-18-30(27(31)26(23)25)16-20-11-13-22(14-12-20)24-15-28-29(2)17-24/h3-15,17,19H,16,18H2,1-2H3. The molecule has 5 rings (SSSR count). The van der Waals surface area contributed by atoms with Crippen LogP contribution >= 0.6 is 0 Å². The molecule has 1 aliphatic rings. The van der Waals surface area contributed by atoms with Crippen molar-refractivity contribution in [2.45, 2.75) is 26.1 Å². The summed E-state index contributed by atoms with van der Waals surface area (Å²) in [7, 11) is 1.91. The van der Waals surface area contributed by atoms with Gasteiger partial charge in [0.05, 0.1) is 11.8 Å². The van der Waals surface area contributed by atoms with Crippen LogP contribution in [0.4, 0.5) is 0 Å². The SMILES string of the molecule is CC(Oc1cccc2c1C(=O)N(Cc1ccc(-c3cnn(C)c3)cc1)C2)c1ccccc1. The molecule has 3 aromatic carbocycles. The van der Waals surface area contributed by atoms with Crippen molar-refractivity contribution in [3.05, 3.63) is 107 Å². The van der Waals surface area contributed by atoms with Crippen LogP contribution in [-0.4, -0.2) is 20.6 Å². The van der Waals surface area contributed by atoms with Gasteiger partial charge in [-0.05, 0) is 35.2 Å². The number of nitrogens with zero attached hydrogens (tertiary/aromatic N) is 3. The van der Waals surface area contributed by atoms with Gasteiger partial charge in [0, 0.05) is 31.9 Å². The number of aromatic nitrogens is 2. The molecule has 0 radical (unpaired) electrons. The van der Waals surface area contributed by atoms with E-state index in [0.29, 0.717) is 24.4 Å². The first-order valence-electron chi connectivity index (χ1n) is 10.8. The maximum atomic E-state index is 13.3. The van der Waals surface area contributed by atoms with Crippen molar-refractivity contribution < 1.29 is 9.53 Å². The molecule has 1 unspecified atom stereocenters. The van der Waals surface area contributed by atoms with Gasteiger partial charge in [-0.3, -0.25) is 9.48 Å². The molecule has 1 aliphatic heterocycles. The van der Waals surface area contributed by atoms with E-state index in [2.05, 4.69) is 29.4 Å². The van der Waals surface area contributed by atoms with E-state index < -0.39 is 0 Å².